The van der Waals surface area contributed by atoms with E-state index < -0.39 is 0 Å². The molecule has 0 saturated carbocycles. The number of likely N-dealkylation sites (N-methyl/N-ethyl adjacent to an activating group) is 1. The molecule has 0 aliphatic carbocycles. The van der Waals surface area contributed by atoms with Crippen molar-refractivity contribution in [1.29, 1.82) is 0 Å². The SMILES string of the molecule is CCNC(Cc1cccnc1N)c1ncccc1C. The fourth-order valence-electron chi connectivity index (χ4n) is 2.22. The minimum atomic E-state index is 0.165. The summed E-state index contributed by atoms with van der Waals surface area (Å²) in [5.74, 6) is 0.596. The van der Waals surface area contributed by atoms with Gasteiger partial charge in [-0.25, -0.2) is 4.98 Å². The molecule has 3 N–H and O–H groups in total. The summed E-state index contributed by atoms with van der Waals surface area (Å²) in [7, 11) is 0. The van der Waals surface area contributed by atoms with Crippen LogP contribution >= 0.6 is 0 Å². The molecule has 2 rings (SSSR count). The first-order valence-corrected chi connectivity index (χ1v) is 6.56. The molecule has 2 aromatic rings. The van der Waals surface area contributed by atoms with Crippen LogP contribution in [0.15, 0.2) is 36.7 Å². The van der Waals surface area contributed by atoms with Gasteiger partial charge in [-0.1, -0.05) is 19.1 Å². The van der Waals surface area contributed by atoms with Crippen molar-refractivity contribution in [3.63, 3.8) is 0 Å². The molecular formula is C15H20N4. The molecule has 19 heavy (non-hydrogen) atoms. The molecule has 0 amide bonds. The first kappa shape index (κ1) is 13.5. The average Bonchev–Trinajstić information content (AvgIpc) is 2.41. The van der Waals surface area contributed by atoms with Gasteiger partial charge in [-0.2, -0.15) is 0 Å². The van der Waals surface area contributed by atoms with E-state index in [4.69, 9.17) is 5.73 Å². The molecule has 100 valence electrons. The topological polar surface area (TPSA) is 63.8 Å². The lowest BCUT2D eigenvalue weighted by molar-refractivity contribution is 0.534. The molecule has 2 heterocycles. The molecule has 0 aromatic carbocycles. The predicted octanol–water partition coefficient (Wildman–Crippen LogP) is 2.26. The van der Waals surface area contributed by atoms with Crippen LogP contribution in [0.4, 0.5) is 5.82 Å². The summed E-state index contributed by atoms with van der Waals surface area (Å²) in [5.41, 5.74) is 9.24. The summed E-state index contributed by atoms with van der Waals surface area (Å²) in [5, 5.41) is 3.47. The molecule has 4 heteroatoms. The zero-order valence-corrected chi connectivity index (χ0v) is 11.4. The summed E-state index contributed by atoms with van der Waals surface area (Å²) < 4.78 is 0. The lowest BCUT2D eigenvalue weighted by Crippen LogP contribution is -2.25. The second-order valence-corrected chi connectivity index (χ2v) is 4.57. The highest BCUT2D eigenvalue weighted by Crippen LogP contribution is 2.21. The molecule has 4 nitrogen and oxygen atoms in total. The number of aryl methyl sites for hydroxylation is 1. The molecule has 0 aliphatic heterocycles. The van der Waals surface area contributed by atoms with Crippen molar-refractivity contribution in [1.82, 2.24) is 15.3 Å². The van der Waals surface area contributed by atoms with Crippen LogP contribution in [0.2, 0.25) is 0 Å². The van der Waals surface area contributed by atoms with E-state index >= 15 is 0 Å². The fourth-order valence-corrected chi connectivity index (χ4v) is 2.22. The monoisotopic (exact) mass is 256 g/mol. The lowest BCUT2D eigenvalue weighted by atomic mass is 10.0. The van der Waals surface area contributed by atoms with E-state index in [-0.39, 0.29) is 6.04 Å². The Morgan fingerprint density at radius 3 is 2.63 bits per heavy atom. The van der Waals surface area contributed by atoms with Crippen LogP contribution in [-0.4, -0.2) is 16.5 Å². The van der Waals surface area contributed by atoms with E-state index in [0.717, 1.165) is 24.2 Å². The largest absolute Gasteiger partial charge is 0.383 e. The normalized spacial score (nSPS) is 12.3. The summed E-state index contributed by atoms with van der Waals surface area (Å²) in [4.78, 5) is 8.64. The zero-order chi connectivity index (χ0) is 13.7. The smallest absolute Gasteiger partial charge is 0.126 e. The number of nitrogens with one attached hydrogen (secondary N) is 1. The van der Waals surface area contributed by atoms with Gasteiger partial charge in [0, 0.05) is 12.4 Å². The Bertz CT molecular complexity index is 539. The molecule has 0 aliphatic rings. The zero-order valence-electron chi connectivity index (χ0n) is 11.4. The van der Waals surface area contributed by atoms with Crippen molar-refractivity contribution in [3.05, 3.63) is 53.5 Å². The van der Waals surface area contributed by atoms with Gasteiger partial charge in [-0.15, -0.1) is 0 Å². The minimum Gasteiger partial charge on any atom is -0.383 e. The third-order valence-electron chi connectivity index (χ3n) is 3.18. The van der Waals surface area contributed by atoms with Gasteiger partial charge in [0.15, 0.2) is 0 Å². The van der Waals surface area contributed by atoms with Crippen molar-refractivity contribution in [2.45, 2.75) is 26.3 Å². The van der Waals surface area contributed by atoms with Crippen molar-refractivity contribution >= 4 is 5.82 Å². The van der Waals surface area contributed by atoms with Crippen molar-refractivity contribution in [3.8, 4) is 0 Å². The Kier molecular flexibility index (Phi) is 4.47. The quantitative estimate of drug-likeness (QED) is 0.861. The maximum absolute atomic E-state index is 5.92. The van der Waals surface area contributed by atoms with Crippen LogP contribution in [0.3, 0.4) is 0 Å². The van der Waals surface area contributed by atoms with Crippen LogP contribution in [0, 0.1) is 6.92 Å². The fraction of sp³-hybridized carbons (Fsp3) is 0.333. The molecule has 2 aromatic heterocycles. The van der Waals surface area contributed by atoms with Gasteiger partial charge in [0.2, 0.25) is 0 Å². The molecule has 1 unspecified atom stereocenters. The number of nitrogens with two attached hydrogens (primary N) is 1. The first-order chi connectivity index (χ1) is 9.22. The summed E-state index contributed by atoms with van der Waals surface area (Å²) in [6, 6.07) is 8.14. The highest BCUT2D eigenvalue weighted by Gasteiger charge is 2.16. The third kappa shape index (κ3) is 3.29. The van der Waals surface area contributed by atoms with E-state index in [0.29, 0.717) is 5.82 Å². The van der Waals surface area contributed by atoms with Gasteiger partial charge < -0.3 is 11.1 Å². The van der Waals surface area contributed by atoms with Crippen LogP contribution in [0.25, 0.3) is 0 Å². The molecule has 0 fully saturated rings. The van der Waals surface area contributed by atoms with E-state index in [2.05, 4.69) is 35.2 Å². The van der Waals surface area contributed by atoms with Crippen molar-refractivity contribution in [2.24, 2.45) is 0 Å². The Morgan fingerprint density at radius 1 is 1.21 bits per heavy atom. The maximum atomic E-state index is 5.92. The van der Waals surface area contributed by atoms with Gasteiger partial charge in [-0.3, -0.25) is 4.98 Å². The number of nitrogens with zero attached hydrogens (tertiary/aromatic N) is 2. The molecular weight excluding hydrogens is 236 g/mol. The standard InChI is InChI=1S/C15H20N4/c1-3-17-13(14-11(2)6-4-8-18-14)10-12-7-5-9-19-15(12)16/h4-9,13,17H,3,10H2,1-2H3,(H2,16,19). The predicted molar refractivity (Wildman–Crippen MR) is 77.7 cm³/mol. The van der Waals surface area contributed by atoms with E-state index in [1.54, 1.807) is 6.20 Å². The molecule has 0 saturated heterocycles. The Labute approximate surface area is 114 Å². The van der Waals surface area contributed by atoms with Crippen LogP contribution < -0.4 is 11.1 Å². The second kappa shape index (κ2) is 6.29. The number of hydrogen-bond donors (Lipinski definition) is 2. The van der Waals surface area contributed by atoms with Gasteiger partial charge in [-0.05, 0) is 43.1 Å². The van der Waals surface area contributed by atoms with Crippen LogP contribution in [0.1, 0.15) is 29.8 Å². The molecule has 0 bridgehead atoms. The van der Waals surface area contributed by atoms with Crippen molar-refractivity contribution < 1.29 is 0 Å². The third-order valence-corrected chi connectivity index (χ3v) is 3.18. The Balaban J connectivity index is 2.27. The van der Waals surface area contributed by atoms with Gasteiger partial charge in [0.05, 0.1) is 11.7 Å². The molecule has 1 atom stereocenters. The number of hydrogen-bond acceptors (Lipinski definition) is 4. The number of rotatable bonds is 5. The lowest BCUT2D eigenvalue weighted by Gasteiger charge is -2.19. The van der Waals surface area contributed by atoms with E-state index in [1.807, 2.05) is 24.4 Å². The molecule has 0 radical (unpaired) electrons. The van der Waals surface area contributed by atoms with Gasteiger partial charge in [0.1, 0.15) is 5.82 Å². The Hall–Kier alpha value is -1.94. The van der Waals surface area contributed by atoms with Crippen molar-refractivity contribution in [2.75, 3.05) is 12.3 Å². The van der Waals surface area contributed by atoms with E-state index in [9.17, 15) is 0 Å². The van der Waals surface area contributed by atoms with Crippen LogP contribution in [-0.2, 0) is 6.42 Å². The second-order valence-electron chi connectivity index (χ2n) is 4.57. The summed E-state index contributed by atoms with van der Waals surface area (Å²) in [6.45, 7) is 5.07. The molecule has 0 spiro atoms. The summed E-state index contributed by atoms with van der Waals surface area (Å²) >= 11 is 0. The maximum Gasteiger partial charge on any atom is 0.126 e. The highest BCUT2D eigenvalue weighted by molar-refractivity contribution is 5.39. The Morgan fingerprint density at radius 2 is 1.95 bits per heavy atom. The van der Waals surface area contributed by atoms with E-state index in [1.165, 1.54) is 5.56 Å². The van der Waals surface area contributed by atoms with Gasteiger partial charge in [0.25, 0.3) is 0 Å². The van der Waals surface area contributed by atoms with Gasteiger partial charge >= 0.3 is 0 Å². The summed E-state index contributed by atoms with van der Waals surface area (Å²) in [6.07, 6.45) is 4.34. The highest BCUT2D eigenvalue weighted by atomic mass is 14.9. The average molecular weight is 256 g/mol. The minimum absolute atomic E-state index is 0.165. The van der Waals surface area contributed by atoms with Crippen LogP contribution in [0.5, 0.6) is 0 Å². The number of pyridine rings is 2. The number of nitrogen functional groups attached to an aromatic ring is 1. The number of anilines is 1. The first-order valence-electron chi connectivity index (χ1n) is 6.56. The number of aromatic nitrogens is 2.